The van der Waals surface area contributed by atoms with E-state index in [4.69, 9.17) is 9.47 Å². The lowest BCUT2D eigenvalue weighted by atomic mass is 9.95. The number of hydrogen-bond donors (Lipinski definition) is 1. The molecule has 0 aliphatic carbocycles. The number of ketones is 1. The van der Waals surface area contributed by atoms with Gasteiger partial charge in [-0.1, -0.05) is 13.8 Å². The molecule has 2 aliphatic heterocycles. The van der Waals surface area contributed by atoms with E-state index in [2.05, 4.69) is 4.90 Å². The van der Waals surface area contributed by atoms with Gasteiger partial charge in [0.05, 0.1) is 36.4 Å². The SMILES string of the molecule is CC(C)COc1ccc(/C(O)=C2\C(=O)C(=O)N(CCN3CCOCC3)[C@H]2c2ccc([N+](=O)[O-])cc2)cc1. The third-order valence-electron chi connectivity index (χ3n) is 6.43. The summed E-state index contributed by atoms with van der Waals surface area (Å²) in [7, 11) is 0. The predicted molar refractivity (Wildman–Crippen MR) is 136 cm³/mol. The third kappa shape index (κ3) is 5.98. The second-order valence-electron chi connectivity index (χ2n) is 9.52. The normalized spacial score (nSPS) is 20.0. The molecule has 4 rings (SSSR count). The molecule has 0 saturated carbocycles. The van der Waals surface area contributed by atoms with E-state index in [1.165, 1.54) is 29.2 Å². The number of rotatable bonds is 9. The summed E-state index contributed by atoms with van der Waals surface area (Å²) in [6.07, 6.45) is 0. The van der Waals surface area contributed by atoms with Gasteiger partial charge in [0.1, 0.15) is 11.5 Å². The number of non-ortho nitro benzene ring substituents is 1. The van der Waals surface area contributed by atoms with Crippen LogP contribution in [0.25, 0.3) is 5.76 Å². The Hall–Kier alpha value is -3.76. The summed E-state index contributed by atoms with van der Waals surface area (Å²) in [6.45, 7) is 8.04. The summed E-state index contributed by atoms with van der Waals surface area (Å²) < 4.78 is 11.1. The fourth-order valence-electron chi connectivity index (χ4n) is 4.44. The van der Waals surface area contributed by atoms with Gasteiger partial charge in [-0.3, -0.25) is 24.6 Å². The number of nitro groups is 1. The van der Waals surface area contributed by atoms with E-state index in [1.807, 2.05) is 13.8 Å². The number of amides is 1. The van der Waals surface area contributed by atoms with Crippen molar-refractivity contribution < 1.29 is 29.1 Å². The molecule has 2 heterocycles. The summed E-state index contributed by atoms with van der Waals surface area (Å²) in [6, 6.07) is 11.5. The fourth-order valence-corrected chi connectivity index (χ4v) is 4.44. The first kappa shape index (κ1) is 26.3. The van der Waals surface area contributed by atoms with Crippen molar-refractivity contribution in [3.05, 3.63) is 75.3 Å². The molecule has 0 unspecified atom stereocenters. The summed E-state index contributed by atoms with van der Waals surface area (Å²) in [5.74, 6) is -0.824. The second-order valence-corrected chi connectivity index (χ2v) is 9.52. The van der Waals surface area contributed by atoms with Crippen molar-refractivity contribution in [3.8, 4) is 5.75 Å². The molecule has 196 valence electrons. The number of carbonyl (C=O) groups is 2. The first-order valence-corrected chi connectivity index (χ1v) is 12.3. The Kier molecular flexibility index (Phi) is 8.20. The number of morpholine rings is 1. The monoisotopic (exact) mass is 509 g/mol. The molecule has 1 atom stereocenters. The maximum Gasteiger partial charge on any atom is 0.295 e. The molecule has 2 aliphatic rings. The van der Waals surface area contributed by atoms with Crippen LogP contribution >= 0.6 is 0 Å². The van der Waals surface area contributed by atoms with Crippen LogP contribution in [0, 0.1) is 16.0 Å². The summed E-state index contributed by atoms with van der Waals surface area (Å²) in [4.78, 5) is 40.6. The van der Waals surface area contributed by atoms with E-state index in [0.717, 1.165) is 13.1 Å². The smallest absolute Gasteiger partial charge is 0.295 e. The Morgan fingerprint density at radius 3 is 2.32 bits per heavy atom. The number of benzene rings is 2. The van der Waals surface area contributed by atoms with Crippen LogP contribution in [-0.4, -0.2) is 77.5 Å². The van der Waals surface area contributed by atoms with Crippen LogP contribution < -0.4 is 4.74 Å². The molecule has 1 amide bonds. The van der Waals surface area contributed by atoms with Gasteiger partial charge in [-0.15, -0.1) is 0 Å². The highest BCUT2D eigenvalue weighted by atomic mass is 16.6. The van der Waals surface area contributed by atoms with Gasteiger partial charge in [0.2, 0.25) is 0 Å². The Morgan fingerprint density at radius 1 is 1.08 bits per heavy atom. The van der Waals surface area contributed by atoms with Crippen molar-refractivity contribution in [2.45, 2.75) is 19.9 Å². The molecule has 0 bridgehead atoms. The predicted octanol–water partition coefficient (Wildman–Crippen LogP) is 3.38. The molecule has 37 heavy (non-hydrogen) atoms. The van der Waals surface area contributed by atoms with Crippen LogP contribution in [0.4, 0.5) is 5.69 Å². The minimum absolute atomic E-state index is 0.0447. The van der Waals surface area contributed by atoms with Gasteiger partial charge in [-0.2, -0.15) is 0 Å². The van der Waals surface area contributed by atoms with Crippen LogP contribution in [-0.2, 0) is 14.3 Å². The number of Topliss-reactive ketones (excluding diaryl/α,β-unsaturated/α-hetero) is 1. The van der Waals surface area contributed by atoms with Crippen LogP contribution in [0.3, 0.4) is 0 Å². The van der Waals surface area contributed by atoms with Crippen LogP contribution in [0.15, 0.2) is 54.1 Å². The number of ether oxygens (including phenoxy) is 2. The number of nitrogens with zero attached hydrogens (tertiary/aromatic N) is 3. The Balaban J connectivity index is 1.68. The first-order valence-electron chi connectivity index (χ1n) is 12.3. The molecule has 2 fully saturated rings. The maximum atomic E-state index is 13.2. The quantitative estimate of drug-likeness (QED) is 0.179. The number of carbonyl (C=O) groups excluding carboxylic acids is 2. The summed E-state index contributed by atoms with van der Waals surface area (Å²) in [5, 5.41) is 22.4. The van der Waals surface area contributed by atoms with Gasteiger partial charge in [0.15, 0.2) is 0 Å². The zero-order valence-electron chi connectivity index (χ0n) is 21.0. The molecule has 0 aromatic heterocycles. The lowest BCUT2D eigenvalue weighted by molar-refractivity contribution is -0.384. The van der Waals surface area contributed by atoms with Gasteiger partial charge >= 0.3 is 0 Å². The Labute approximate surface area is 215 Å². The van der Waals surface area contributed by atoms with E-state index in [1.54, 1.807) is 24.3 Å². The molecule has 0 spiro atoms. The second kappa shape index (κ2) is 11.5. The molecule has 2 aromatic rings. The van der Waals surface area contributed by atoms with Crippen molar-refractivity contribution >= 4 is 23.1 Å². The van der Waals surface area contributed by atoms with Crippen molar-refractivity contribution in [1.29, 1.82) is 0 Å². The lowest BCUT2D eigenvalue weighted by Gasteiger charge is -2.31. The van der Waals surface area contributed by atoms with E-state index >= 15 is 0 Å². The van der Waals surface area contributed by atoms with Gasteiger partial charge in [0.25, 0.3) is 17.4 Å². The fraction of sp³-hybridized carbons (Fsp3) is 0.407. The lowest BCUT2D eigenvalue weighted by Crippen LogP contribution is -2.42. The highest BCUT2D eigenvalue weighted by molar-refractivity contribution is 6.46. The van der Waals surface area contributed by atoms with Gasteiger partial charge in [0, 0.05) is 43.9 Å². The van der Waals surface area contributed by atoms with Crippen molar-refractivity contribution in [2.24, 2.45) is 5.92 Å². The first-order chi connectivity index (χ1) is 17.8. The molecule has 10 heteroatoms. The zero-order chi connectivity index (χ0) is 26.5. The van der Waals surface area contributed by atoms with Crippen molar-refractivity contribution in [2.75, 3.05) is 46.0 Å². The molecule has 0 radical (unpaired) electrons. The van der Waals surface area contributed by atoms with Gasteiger partial charge in [-0.25, -0.2) is 0 Å². The minimum Gasteiger partial charge on any atom is -0.507 e. The largest absolute Gasteiger partial charge is 0.507 e. The topological polar surface area (TPSA) is 122 Å². The van der Waals surface area contributed by atoms with Gasteiger partial charge < -0.3 is 19.5 Å². The summed E-state index contributed by atoms with van der Waals surface area (Å²) >= 11 is 0. The molecule has 2 aromatic carbocycles. The summed E-state index contributed by atoms with van der Waals surface area (Å²) in [5.41, 5.74) is 0.725. The number of aliphatic hydroxyl groups excluding tert-OH is 1. The zero-order valence-corrected chi connectivity index (χ0v) is 21.0. The number of hydrogen-bond acceptors (Lipinski definition) is 8. The molecular formula is C27H31N3O7. The van der Waals surface area contributed by atoms with Crippen molar-refractivity contribution in [1.82, 2.24) is 9.80 Å². The van der Waals surface area contributed by atoms with Gasteiger partial charge in [-0.05, 0) is 47.9 Å². The highest BCUT2D eigenvalue weighted by Gasteiger charge is 2.46. The third-order valence-corrected chi connectivity index (χ3v) is 6.43. The standard InChI is InChI=1S/C27H31N3O7/c1-18(2)17-37-22-9-5-20(6-10-22)25(31)23-24(19-3-7-21(8-4-19)30(34)35)29(27(33)26(23)32)12-11-28-13-15-36-16-14-28/h3-10,18,24,31H,11-17H2,1-2H3/b25-23+/t24-/m0/s1. The Bertz CT molecular complexity index is 1170. The number of nitro benzene ring substituents is 1. The van der Waals surface area contributed by atoms with E-state index in [0.29, 0.717) is 49.2 Å². The molecule has 10 nitrogen and oxygen atoms in total. The van der Waals surface area contributed by atoms with E-state index in [-0.39, 0.29) is 23.6 Å². The average molecular weight is 510 g/mol. The van der Waals surface area contributed by atoms with E-state index in [9.17, 15) is 24.8 Å². The number of aliphatic hydroxyl groups is 1. The minimum atomic E-state index is -0.876. The average Bonchev–Trinajstić information content (AvgIpc) is 3.16. The van der Waals surface area contributed by atoms with Crippen molar-refractivity contribution in [3.63, 3.8) is 0 Å². The van der Waals surface area contributed by atoms with E-state index < -0.39 is 22.7 Å². The molecular weight excluding hydrogens is 478 g/mol. The van der Waals surface area contributed by atoms with Crippen LogP contribution in [0.1, 0.15) is 31.0 Å². The highest BCUT2D eigenvalue weighted by Crippen LogP contribution is 2.40. The molecule has 1 N–H and O–H groups in total. The molecule has 2 saturated heterocycles. The maximum absolute atomic E-state index is 13.2. The number of likely N-dealkylation sites (tertiary alicyclic amines) is 1. The Morgan fingerprint density at radius 2 is 1.73 bits per heavy atom. The van der Waals surface area contributed by atoms with Crippen LogP contribution in [0.5, 0.6) is 5.75 Å². The van der Waals surface area contributed by atoms with Crippen LogP contribution in [0.2, 0.25) is 0 Å².